The number of aromatic amines is 1. The van der Waals surface area contributed by atoms with Gasteiger partial charge in [0.25, 0.3) is 5.56 Å². The maximum Gasteiger partial charge on any atom is 0.280 e. The molecular weight excluding hydrogens is 359 g/mol. The van der Waals surface area contributed by atoms with Crippen molar-refractivity contribution < 1.29 is 9.50 Å². The van der Waals surface area contributed by atoms with E-state index in [2.05, 4.69) is 10.1 Å². The molecule has 2 N–H and O–H groups in total. The zero-order valence-corrected chi connectivity index (χ0v) is 15.1. The highest BCUT2D eigenvalue weighted by molar-refractivity contribution is 6.03. The summed E-state index contributed by atoms with van der Waals surface area (Å²) in [5, 5.41) is 13.8. The number of nitrogens with zero attached hydrogens (tertiary/aromatic N) is 3. The largest absolute Gasteiger partial charge is 0.393 e. The van der Waals surface area contributed by atoms with Gasteiger partial charge in [-0.1, -0.05) is 18.2 Å². The van der Waals surface area contributed by atoms with Crippen LogP contribution in [0.4, 0.5) is 10.1 Å². The van der Waals surface area contributed by atoms with E-state index in [0.717, 1.165) is 0 Å². The third kappa shape index (κ3) is 2.66. The number of piperidine rings is 1. The quantitative estimate of drug-likeness (QED) is 0.562. The van der Waals surface area contributed by atoms with Gasteiger partial charge in [-0.05, 0) is 37.1 Å². The maximum atomic E-state index is 14.9. The molecule has 28 heavy (non-hydrogen) atoms. The van der Waals surface area contributed by atoms with E-state index < -0.39 is 0 Å². The van der Waals surface area contributed by atoms with E-state index in [4.69, 9.17) is 0 Å². The number of hydrogen-bond donors (Lipinski definition) is 2. The molecule has 0 radical (unpaired) electrons. The molecule has 0 atom stereocenters. The third-order valence-corrected chi connectivity index (χ3v) is 5.41. The van der Waals surface area contributed by atoms with E-state index in [1.165, 1.54) is 16.9 Å². The zero-order chi connectivity index (χ0) is 19.3. The number of para-hydroxylation sites is 1. The van der Waals surface area contributed by atoms with Gasteiger partial charge < -0.3 is 10.0 Å². The molecule has 0 amide bonds. The maximum absolute atomic E-state index is 14.9. The summed E-state index contributed by atoms with van der Waals surface area (Å²) in [5.74, 6) is -0.355. The molecule has 1 aliphatic heterocycles. The van der Waals surface area contributed by atoms with Gasteiger partial charge in [-0.25, -0.2) is 9.07 Å². The SMILES string of the molecule is O=c1c2cnc3cc(N4CCC(O)CC4)c(F)cc3c2[nH]n1-c1ccccc1. The zero-order valence-electron chi connectivity index (χ0n) is 15.1. The van der Waals surface area contributed by atoms with Crippen molar-refractivity contribution in [2.75, 3.05) is 18.0 Å². The molecule has 0 saturated carbocycles. The second-order valence-electron chi connectivity index (χ2n) is 7.17. The van der Waals surface area contributed by atoms with Crippen LogP contribution in [0.3, 0.4) is 0 Å². The van der Waals surface area contributed by atoms with E-state index in [1.54, 1.807) is 6.07 Å². The van der Waals surface area contributed by atoms with Crippen molar-refractivity contribution in [3.8, 4) is 5.69 Å². The molecule has 0 bridgehead atoms. The van der Waals surface area contributed by atoms with Crippen LogP contribution in [0.2, 0.25) is 0 Å². The van der Waals surface area contributed by atoms with Gasteiger partial charge in [0, 0.05) is 24.7 Å². The summed E-state index contributed by atoms with van der Waals surface area (Å²) >= 11 is 0. The third-order valence-electron chi connectivity index (χ3n) is 5.41. The molecule has 7 heteroatoms. The molecule has 3 heterocycles. The van der Waals surface area contributed by atoms with Crippen LogP contribution in [0, 0.1) is 5.82 Å². The lowest BCUT2D eigenvalue weighted by molar-refractivity contribution is 0.145. The first-order valence-corrected chi connectivity index (χ1v) is 9.33. The van der Waals surface area contributed by atoms with Crippen LogP contribution >= 0.6 is 0 Å². The summed E-state index contributed by atoms with van der Waals surface area (Å²) in [6.07, 6.45) is 2.46. The molecule has 0 spiro atoms. The van der Waals surface area contributed by atoms with Crippen molar-refractivity contribution >= 4 is 27.5 Å². The van der Waals surface area contributed by atoms with Gasteiger partial charge in [-0.15, -0.1) is 0 Å². The molecule has 2 aromatic heterocycles. The minimum atomic E-state index is -0.355. The molecular formula is C21H19FN4O2. The van der Waals surface area contributed by atoms with Crippen molar-refractivity contribution in [2.45, 2.75) is 18.9 Å². The predicted octanol–water partition coefficient (Wildman–Crippen LogP) is 2.97. The Bertz CT molecular complexity index is 1220. The Balaban J connectivity index is 1.66. The fourth-order valence-electron chi connectivity index (χ4n) is 3.88. The van der Waals surface area contributed by atoms with Crippen LogP contribution in [0.1, 0.15) is 12.8 Å². The van der Waals surface area contributed by atoms with Gasteiger partial charge in [-0.3, -0.25) is 14.9 Å². The van der Waals surface area contributed by atoms with E-state index in [9.17, 15) is 14.3 Å². The Morgan fingerprint density at radius 2 is 1.86 bits per heavy atom. The lowest BCUT2D eigenvalue weighted by Gasteiger charge is -2.31. The number of aliphatic hydroxyl groups is 1. The molecule has 2 aromatic carbocycles. The molecule has 1 fully saturated rings. The summed E-state index contributed by atoms with van der Waals surface area (Å²) in [6, 6.07) is 12.4. The normalized spacial score (nSPS) is 15.6. The minimum absolute atomic E-state index is 0.217. The van der Waals surface area contributed by atoms with Gasteiger partial charge in [0.05, 0.1) is 33.9 Å². The fraction of sp³-hybridized carbons (Fsp3) is 0.238. The summed E-state index contributed by atoms with van der Waals surface area (Å²) in [6.45, 7) is 1.21. The number of aromatic nitrogens is 3. The van der Waals surface area contributed by atoms with Crippen LogP contribution in [0.5, 0.6) is 0 Å². The second kappa shape index (κ2) is 6.45. The molecule has 0 unspecified atom stereocenters. The predicted molar refractivity (Wildman–Crippen MR) is 107 cm³/mol. The van der Waals surface area contributed by atoms with Crippen LogP contribution in [-0.2, 0) is 0 Å². The average Bonchev–Trinajstić information content (AvgIpc) is 3.06. The van der Waals surface area contributed by atoms with E-state index in [-0.39, 0.29) is 17.5 Å². The Kier molecular flexibility index (Phi) is 3.91. The Morgan fingerprint density at radius 1 is 1.11 bits per heavy atom. The van der Waals surface area contributed by atoms with Gasteiger partial charge >= 0.3 is 0 Å². The summed E-state index contributed by atoms with van der Waals surface area (Å²) in [5.41, 5.74) is 2.16. The monoisotopic (exact) mass is 378 g/mol. The molecule has 0 aliphatic carbocycles. The molecule has 5 rings (SSSR count). The number of halogens is 1. The molecule has 142 valence electrons. The van der Waals surface area contributed by atoms with Crippen molar-refractivity contribution in [1.82, 2.24) is 14.8 Å². The van der Waals surface area contributed by atoms with E-state index in [0.29, 0.717) is 59.1 Å². The first kappa shape index (κ1) is 16.9. The van der Waals surface area contributed by atoms with Crippen molar-refractivity contribution in [2.24, 2.45) is 0 Å². The smallest absolute Gasteiger partial charge is 0.280 e. The summed E-state index contributed by atoms with van der Waals surface area (Å²) < 4.78 is 16.4. The van der Waals surface area contributed by atoms with Gasteiger partial charge in [0.1, 0.15) is 5.82 Å². The number of H-pyrrole nitrogens is 1. The van der Waals surface area contributed by atoms with Crippen molar-refractivity contribution in [1.29, 1.82) is 0 Å². The number of aliphatic hydroxyl groups excluding tert-OH is 1. The highest BCUT2D eigenvalue weighted by Crippen LogP contribution is 2.30. The molecule has 1 saturated heterocycles. The second-order valence-corrected chi connectivity index (χ2v) is 7.17. The van der Waals surface area contributed by atoms with Gasteiger partial charge in [0.15, 0.2) is 0 Å². The number of benzene rings is 2. The number of anilines is 1. The van der Waals surface area contributed by atoms with Crippen LogP contribution in [-0.4, -0.2) is 39.1 Å². The molecule has 1 aliphatic rings. The van der Waals surface area contributed by atoms with Crippen LogP contribution in [0.15, 0.2) is 53.5 Å². The number of pyridine rings is 1. The lowest BCUT2D eigenvalue weighted by atomic mass is 10.1. The van der Waals surface area contributed by atoms with E-state index >= 15 is 0 Å². The number of hydrogen-bond acceptors (Lipinski definition) is 4. The topological polar surface area (TPSA) is 74.2 Å². The minimum Gasteiger partial charge on any atom is -0.393 e. The Hall–Kier alpha value is -3.19. The Labute approximate surface area is 159 Å². The molecule has 4 aromatic rings. The first-order valence-electron chi connectivity index (χ1n) is 9.33. The summed E-state index contributed by atoms with van der Waals surface area (Å²) in [4.78, 5) is 19.1. The average molecular weight is 378 g/mol. The summed E-state index contributed by atoms with van der Waals surface area (Å²) in [7, 11) is 0. The van der Waals surface area contributed by atoms with Crippen LogP contribution in [0.25, 0.3) is 27.5 Å². The van der Waals surface area contributed by atoms with Gasteiger partial charge in [0.2, 0.25) is 0 Å². The van der Waals surface area contributed by atoms with E-state index in [1.807, 2.05) is 35.2 Å². The number of rotatable bonds is 2. The fourth-order valence-corrected chi connectivity index (χ4v) is 3.88. The van der Waals surface area contributed by atoms with Crippen molar-refractivity contribution in [3.05, 3.63) is 64.8 Å². The highest BCUT2D eigenvalue weighted by atomic mass is 19.1. The highest BCUT2D eigenvalue weighted by Gasteiger charge is 2.21. The van der Waals surface area contributed by atoms with Crippen LogP contribution < -0.4 is 10.5 Å². The molecule has 6 nitrogen and oxygen atoms in total. The standard InChI is InChI=1S/C21H19FN4O2/c22-17-10-15-18(11-19(17)25-8-6-14(27)7-9-25)23-12-16-20(15)24-26(21(16)28)13-4-2-1-3-5-13/h1-5,10-12,14,24,27H,6-9H2. The van der Waals surface area contributed by atoms with Gasteiger partial charge in [-0.2, -0.15) is 0 Å². The number of nitrogens with one attached hydrogen (secondary N) is 1. The first-order chi connectivity index (χ1) is 13.6. The van der Waals surface area contributed by atoms with Crippen molar-refractivity contribution in [3.63, 3.8) is 0 Å². The Morgan fingerprint density at radius 3 is 2.61 bits per heavy atom. The lowest BCUT2D eigenvalue weighted by Crippen LogP contribution is -2.36. The number of fused-ring (bicyclic) bond motifs is 3.